The van der Waals surface area contributed by atoms with Crippen molar-refractivity contribution in [2.45, 2.75) is 25.9 Å². The van der Waals surface area contributed by atoms with Gasteiger partial charge in [-0.3, -0.25) is 0 Å². The zero-order valence-electron chi connectivity index (χ0n) is 11.5. The summed E-state index contributed by atoms with van der Waals surface area (Å²) in [6.07, 6.45) is 5.53. The van der Waals surface area contributed by atoms with Gasteiger partial charge < -0.3 is 10.3 Å². The fourth-order valence-corrected chi connectivity index (χ4v) is 4.62. The molecule has 0 radical (unpaired) electrons. The van der Waals surface area contributed by atoms with Crippen molar-refractivity contribution >= 4 is 10.2 Å². The molecule has 2 aliphatic rings. The van der Waals surface area contributed by atoms with Gasteiger partial charge in [-0.2, -0.15) is 17.0 Å². The summed E-state index contributed by atoms with van der Waals surface area (Å²) in [5.41, 5.74) is 5.69. The molecular weight excluding hydrogens is 278 g/mol. The van der Waals surface area contributed by atoms with Gasteiger partial charge in [0.05, 0.1) is 6.54 Å². The Hall–Kier alpha value is -0.960. The van der Waals surface area contributed by atoms with E-state index in [2.05, 4.69) is 4.98 Å². The van der Waals surface area contributed by atoms with E-state index in [4.69, 9.17) is 5.73 Å². The van der Waals surface area contributed by atoms with Crippen LogP contribution in [0.4, 0.5) is 0 Å². The van der Waals surface area contributed by atoms with E-state index in [0.29, 0.717) is 39.3 Å². The smallest absolute Gasteiger partial charge is 0.282 e. The summed E-state index contributed by atoms with van der Waals surface area (Å²) in [6, 6.07) is 0. The first-order chi connectivity index (χ1) is 9.61. The van der Waals surface area contributed by atoms with E-state index in [9.17, 15) is 8.42 Å². The SMILES string of the molecule is NCC1CCCN(S(=O)(=O)N2CCn3ccnc3C2)C1. The molecule has 0 bridgehead atoms. The summed E-state index contributed by atoms with van der Waals surface area (Å²) in [5.74, 6) is 1.09. The van der Waals surface area contributed by atoms with Crippen molar-refractivity contribution in [3.63, 3.8) is 0 Å². The summed E-state index contributed by atoms with van der Waals surface area (Å²) in [6.45, 7) is 3.24. The molecule has 2 N–H and O–H groups in total. The van der Waals surface area contributed by atoms with Crippen LogP contribution in [0.25, 0.3) is 0 Å². The maximum absolute atomic E-state index is 12.7. The van der Waals surface area contributed by atoms with Gasteiger partial charge in [0.15, 0.2) is 0 Å². The predicted octanol–water partition coefficient (Wildman–Crippen LogP) is -0.386. The number of fused-ring (bicyclic) bond motifs is 1. The Morgan fingerprint density at radius 3 is 2.95 bits per heavy atom. The number of nitrogens with zero attached hydrogens (tertiary/aromatic N) is 4. The average Bonchev–Trinajstić information content (AvgIpc) is 2.94. The molecule has 1 aromatic rings. The number of aromatic nitrogens is 2. The first-order valence-electron chi connectivity index (χ1n) is 7.06. The number of rotatable bonds is 3. The molecular formula is C12H21N5O2S. The lowest BCUT2D eigenvalue weighted by Gasteiger charge is -2.36. The molecule has 0 aliphatic carbocycles. The van der Waals surface area contributed by atoms with Crippen LogP contribution in [0.15, 0.2) is 12.4 Å². The van der Waals surface area contributed by atoms with Crippen molar-refractivity contribution in [1.29, 1.82) is 0 Å². The molecule has 1 atom stereocenters. The maximum atomic E-state index is 12.7. The van der Waals surface area contributed by atoms with Gasteiger partial charge in [0.2, 0.25) is 0 Å². The minimum absolute atomic E-state index is 0.283. The summed E-state index contributed by atoms with van der Waals surface area (Å²) in [4.78, 5) is 4.22. The first-order valence-corrected chi connectivity index (χ1v) is 8.46. The topological polar surface area (TPSA) is 84.5 Å². The highest BCUT2D eigenvalue weighted by molar-refractivity contribution is 7.86. The van der Waals surface area contributed by atoms with Gasteiger partial charge in [-0.15, -0.1) is 0 Å². The quantitative estimate of drug-likeness (QED) is 0.824. The number of nitrogens with two attached hydrogens (primary N) is 1. The Balaban J connectivity index is 1.75. The second-order valence-electron chi connectivity index (χ2n) is 5.48. The van der Waals surface area contributed by atoms with Crippen molar-refractivity contribution in [2.75, 3.05) is 26.2 Å². The lowest BCUT2D eigenvalue weighted by Crippen LogP contribution is -2.50. The van der Waals surface area contributed by atoms with Crippen LogP contribution in [0.5, 0.6) is 0 Å². The molecule has 112 valence electrons. The highest BCUT2D eigenvalue weighted by atomic mass is 32.2. The Kier molecular flexibility index (Phi) is 3.80. The van der Waals surface area contributed by atoms with Crippen molar-refractivity contribution in [3.05, 3.63) is 18.2 Å². The molecule has 2 aliphatic heterocycles. The molecule has 8 heteroatoms. The molecule has 3 heterocycles. The largest absolute Gasteiger partial charge is 0.333 e. The van der Waals surface area contributed by atoms with Crippen LogP contribution in [0, 0.1) is 5.92 Å². The van der Waals surface area contributed by atoms with E-state index in [0.717, 1.165) is 18.7 Å². The minimum atomic E-state index is -3.39. The van der Waals surface area contributed by atoms with Crippen molar-refractivity contribution < 1.29 is 8.42 Å². The fourth-order valence-electron chi connectivity index (χ4n) is 2.94. The van der Waals surface area contributed by atoms with E-state index < -0.39 is 10.2 Å². The molecule has 3 rings (SSSR count). The molecule has 20 heavy (non-hydrogen) atoms. The van der Waals surface area contributed by atoms with Crippen LogP contribution >= 0.6 is 0 Å². The first kappa shape index (κ1) is 14.0. The van der Waals surface area contributed by atoms with Crippen molar-refractivity contribution in [1.82, 2.24) is 18.2 Å². The lowest BCUT2D eigenvalue weighted by atomic mass is 10.0. The van der Waals surface area contributed by atoms with Crippen LogP contribution in [-0.2, 0) is 23.3 Å². The van der Waals surface area contributed by atoms with E-state index in [1.807, 2.05) is 10.8 Å². The minimum Gasteiger partial charge on any atom is -0.333 e. The van der Waals surface area contributed by atoms with Crippen LogP contribution in [0.1, 0.15) is 18.7 Å². The van der Waals surface area contributed by atoms with Crippen LogP contribution in [-0.4, -0.2) is 52.8 Å². The summed E-state index contributed by atoms with van der Waals surface area (Å²) < 4.78 is 30.5. The Morgan fingerprint density at radius 2 is 2.15 bits per heavy atom. The van der Waals surface area contributed by atoms with E-state index in [1.54, 1.807) is 10.5 Å². The summed E-state index contributed by atoms with van der Waals surface area (Å²) in [5, 5.41) is 0. The fraction of sp³-hybridized carbons (Fsp3) is 0.750. The maximum Gasteiger partial charge on any atom is 0.282 e. The molecule has 1 fully saturated rings. The standard InChI is InChI=1S/C12H21N5O2S/c13-8-11-2-1-4-16(9-11)20(18,19)17-7-6-15-5-3-14-12(15)10-17/h3,5,11H,1-2,4,6-10,13H2. The van der Waals surface area contributed by atoms with Gasteiger partial charge in [-0.05, 0) is 25.3 Å². The molecule has 1 unspecified atom stereocenters. The third kappa shape index (κ3) is 2.48. The zero-order valence-corrected chi connectivity index (χ0v) is 12.3. The number of piperidine rings is 1. The molecule has 1 aromatic heterocycles. The Bertz CT molecular complexity index is 570. The molecule has 0 amide bonds. The average molecular weight is 299 g/mol. The monoisotopic (exact) mass is 299 g/mol. The molecule has 0 aromatic carbocycles. The second-order valence-corrected chi connectivity index (χ2v) is 7.41. The van der Waals surface area contributed by atoms with Gasteiger partial charge in [0.25, 0.3) is 10.2 Å². The van der Waals surface area contributed by atoms with Gasteiger partial charge in [0, 0.05) is 38.6 Å². The molecule has 0 saturated carbocycles. The molecule has 7 nitrogen and oxygen atoms in total. The van der Waals surface area contributed by atoms with Crippen molar-refractivity contribution in [3.8, 4) is 0 Å². The highest BCUT2D eigenvalue weighted by Gasteiger charge is 2.35. The molecule has 0 spiro atoms. The van der Waals surface area contributed by atoms with Gasteiger partial charge >= 0.3 is 0 Å². The normalized spacial score (nSPS) is 25.6. The third-order valence-electron chi connectivity index (χ3n) is 4.18. The Labute approximate surface area is 119 Å². The van der Waals surface area contributed by atoms with E-state index in [1.165, 1.54) is 4.31 Å². The van der Waals surface area contributed by atoms with Gasteiger partial charge in [-0.1, -0.05) is 0 Å². The van der Waals surface area contributed by atoms with Gasteiger partial charge in [0.1, 0.15) is 5.82 Å². The zero-order chi connectivity index (χ0) is 14.2. The Morgan fingerprint density at radius 1 is 1.30 bits per heavy atom. The highest BCUT2D eigenvalue weighted by Crippen LogP contribution is 2.23. The lowest BCUT2D eigenvalue weighted by molar-refractivity contribution is 0.238. The molecule has 1 saturated heterocycles. The number of imidazole rings is 1. The van der Waals surface area contributed by atoms with Crippen LogP contribution in [0.3, 0.4) is 0 Å². The van der Waals surface area contributed by atoms with E-state index in [-0.39, 0.29) is 5.92 Å². The number of hydrogen-bond donors (Lipinski definition) is 1. The summed E-state index contributed by atoms with van der Waals surface area (Å²) in [7, 11) is -3.39. The summed E-state index contributed by atoms with van der Waals surface area (Å²) >= 11 is 0. The third-order valence-corrected chi connectivity index (χ3v) is 6.13. The van der Waals surface area contributed by atoms with Gasteiger partial charge in [-0.25, -0.2) is 4.98 Å². The number of hydrogen-bond acceptors (Lipinski definition) is 4. The second kappa shape index (κ2) is 5.44. The van der Waals surface area contributed by atoms with E-state index >= 15 is 0 Å². The predicted molar refractivity (Wildman–Crippen MR) is 74.9 cm³/mol. The van der Waals surface area contributed by atoms with Crippen molar-refractivity contribution in [2.24, 2.45) is 11.7 Å². The van der Waals surface area contributed by atoms with Crippen LogP contribution in [0.2, 0.25) is 0 Å². The van der Waals surface area contributed by atoms with Crippen LogP contribution < -0.4 is 5.73 Å².